The van der Waals surface area contributed by atoms with Gasteiger partial charge in [-0.05, 0) is 74.5 Å². The number of nitrogens with one attached hydrogen (secondary N) is 3. The summed E-state index contributed by atoms with van der Waals surface area (Å²) >= 11 is 0. The van der Waals surface area contributed by atoms with E-state index in [1.54, 1.807) is 24.3 Å². The number of anilines is 2. The smallest absolute Gasteiger partial charge is 0.250 e. The molecule has 4 aliphatic rings. The summed E-state index contributed by atoms with van der Waals surface area (Å²) in [5.74, 6) is 1.58. The van der Waals surface area contributed by atoms with Gasteiger partial charge in [0.2, 0.25) is 17.7 Å². The van der Waals surface area contributed by atoms with E-state index in [0.717, 1.165) is 19.3 Å². The van der Waals surface area contributed by atoms with Gasteiger partial charge in [-0.1, -0.05) is 6.07 Å². The van der Waals surface area contributed by atoms with Gasteiger partial charge >= 0.3 is 0 Å². The number of hydrogen-bond donors (Lipinski definition) is 3. The second kappa shape index (κ2) is 8.14. The van der Waals surface area contributed by atoms with E-state index in [4.69, 9.17) is 4.74 Å². The Hall–Kier alpha value is -2.41. The SMILES string of the molecule is COCC(=O)Nc1cccc(NC(=O)CNC(=O)C23CC4CC(CC(C4)C2)C3)c1. The maximum absolute atomic E-state index is 12.9. The maximum atomic E-state index is 12.9. The lowest BCUT2D eigenvalue weighted by molar-refractivity contribution is -0.146. The average molecular weight is 399 g/mol. The molecule has 0 aromatic heterocycles. The van der Waals surface area contributed by atoms with Crippen LogP contribution in [-0.4, -0.2) is 38.0 Å². The van der Waals surface area contributed by atoms with Crippen molar-refractivity contribution in [3.8, 4) is 0 Å². The van der Waals surface area contributed by atoms with Crippen LogP contribution in [-0.2, 0) is 19.1 Å². The third-order valence-electron chi connectivity index (χ3n) is 6.63. The lowest BCUT2D eigenvalue weighted by atomic mass is 9.49. The molecule has 0 unspecified atom stereocenters. The van der Waals surface area contributed by atoms with E-state index in [1.807, 2.05) is 0 Å². The van der Waals surface area contributed by atoms with E-state index in [-0.39, 0.29) is 36.3 Å². The third-order valence-corrected chi connectivity index (χ3v) is 6.63. The van der Waals surface area contributed by atoms with Crippen LogP contribution in [0.2, 0.25) is 0 Å². The Morgan fingerprint density at radius 1 is 0.966 bits per heavy atom. The normalized spacial score (nSPS) is 29.3. The minimum atomic E-state index is -0.275. The van der Waals surface area contributed by atoms with Crippen LogP contribution in [0, 0.1) is 23.2 Å². The Morgan fingerprint density at radius 2 is 1.52 bits per heavy atom. The van der Waals surface area contributed by atoms with Crippen LogP contribution >= 0.6 is 0 Å². The molecule has 156 valence electrons. The van der Waals surface area contributed by atoms with Crippen LogP contribution in [0.3, 0.4) is 0 Å². The molecule has 0 heterocycles. The van der Waals surface area contributed by atoms with Gasteiger partial charge in [0.05, 0.1) is 6.54 Å². The Morgan fingerprint density at radius 3 is 2.07 bits per heavy atom. The number of rotatable bonds is 7. The minimum Gasteiger partial charge on any atom is -0.375 e. The standard InChI is InChI=1S/C22H29N3O4/c1-29-13-20(27)25-18-4-2-3-17(8-18)24-19(26)12-23-21(28)22-9-14-5-15(10-22)7-16(6-14)11-22/h2-4,8,14-16H,5-7,9-13H2,1H3,(H,23,28)(H,24,26)(H,25,27). The van der Waals surface area contributed by atoms with Crippen molar-refractivity contribution in [3.05, 3.63) is 24.3 Å². The number of ether oxygens (including phenoxy) is 1. The number of methoxy groups -OCH3 is 1. The molecule has 7 heteroatoms. The van der Waals surface area contributed by atoms with E-state index in [2.05, 4.69) is 16.0 Å². The molecule has 7 nitrogen and oxygen atoms in total. The summed E-state index contributed by atoms with van der Waals surface area (Å²) in [6.07, 6.45) is 6.79. The molecule has 3 amide bonds. The monoisotopic (exact) mass is 399 g/mol. The summed E-state index contributed by atoms with van der Waals surface area (Å²) in [7, 11) is 1.45. The molecule has 0 aliphatic heterocycles. The Bertz CT molecular complexity index is 772. The Kier molecular flexibility index (Phi) is 5.58. The summed E-state index contributed by atoms with van der Waals surface area (Å²) in [6.45, 7) is -0.0756. The highest BCUT2D eigenvalue weighted by Crippen LogP contribution is 2.60. The van der Waals surface area contributed by atoms with Crippen molar-refractivity contribution in [1.29, 1.82) is 0 Å². The zero-order chi connectivity index (χ0) is 20.4. The molecule has 4 bridgehead atoms. The summed E-state index contributed by atoms with van der Waals surface area (Å²) in [5, 5.41) is 8.36. The molecule has 1 aromatic rings. The summed E-state index contributed by atoms with van der Waals surface area (Å²) in [6, 6.07) is 6.89. The molecule has 4 fully saturated rings. The Balaban J connectivity index is 1.29. The second-order valence-electron chi connectivity index (χ2n) is 8.99. The largest absolute Gasteiger partial charge is 0.375 e. The van der Waals surface area contributed by atoms with Gasteiger partial charge in [-0.15, -0.1) is 0 Å². The van der Waals surface area contributed by atoms with Crippen LogP contribution in [0.4, 0.5) is 11.4 Å². The zero-order valence-corrected chi connectivity index (χ0v) is 16.8. The van der Waals surface area contributed by atoms with Gasteiger partial charge in [-0.2, -0.15) is 0 Å². The number of carbonyl (C=O) groups is 3. The molecular formula is C22H29N3O4. The van der Waals surface area contributed by atoms with Gasteiger partial charge < -0.3 is 20.7 Å². The maximum Gasteiger partial charge on any atom is 0.250 e. The van der Waals surface area contributed by atoms with Crippen molar-refractivity contribution in [2.45, 2.75) is 38.5 Å². The van der Waals surface area contributed by atoms with Crippen LogP contribution < -0.4 is 16.0 Å². The molecule has 0 saturated heterocycles. The van der Waals surface area contributed by atoms with Gasteiger partial charge in [-0.3, -0.25) is 14.4 Å². The highest BCUT2D eigenvalue weighted by Gasteiger charge is 2.54. The first-order valence-corrected chi connectivity index (χ1v) is 10.4. The quantitative estimate of drug-likeness (QED) is 0.656. The van der Waals surface area contributed by atoms with Gasteiger partial charge in [0.1, 0.15) is 6.61 Å². The van der Waals surface area contributed by atoms with Crippen LogP contribution in [0.1, 0.15) is 38.5 Å². The molecule has 0 spiro atoms. The second-order valence-corrected chi connectivity index (χ2v) is 8.99. The van der Waals surface area contributed by atoms with E-state index in [1.165, 1.54) is 26.4 Å². The molecule has 3 N–H and O–H groups in total. The summed E-state index contributed by atoms with van der Waals surface area (Å²) in [5.41, 5.74) is 0.886. The van der Waals surface area contributed by atoms with E-state index < -0.39 is 0 Å². The van der Waals surface area contributed by atoms with Crippen molar-refractivity contribution in [2.75, 3.05) is 30.9 Å². The van der Waals surface area contributed by atoms with Crippen molar-refractivity contribution in [2.24, 2.45) is 23.2 Å². The first-order valence-electron chi connectivity index (χ1n) is 10.4. The van der Waals surface area contributed by atoms with Crippen LogP contribution in [0.15, 0.2) is 24.3 Å². The van der Waals surface area contributed by atoms with E-state index in [0.29, 0.717) is 29.1 Å². The van der Waals surface area contributed by atoms with Gasteiger partial charge in [0, 0.05) is 23.9 Å². The van der Waals surface area contributed by atoms with Crippen LogP contribution in [0.5, 0.6) is 0 Å². The third kappa shape index (κ3) is 4.45. The lowest BCUT2D eigenvalue weighted by Gasteiger charge is -2.55. The highest BCUT2D eigenvalue weighted by atomic mass is 16.5. The minimum absolute atomic E-state index is 0.0348. The van der Waals surface area contributed by atoms with E-state index >= 15 is 0 Å². The first-order chi connectivity index (χ1) is 14.0. The molecule has 0 radical (unpaired) electrons. The molecule has 29 heavy (non-hydrogen) atoms. The molecule has 0 atom stereocenters. The van der Waals surface area contributed by atoms with Crippen molar-refractivity contribution < 1.29 is 19.1 Å². The van der Waals surface area contributed by atoms with Gasteiger partial charge in [-0.25, -0.2) is 0 Å². The zero-order valence-electron chi connectivity index (χ0n) is 16.8. The number of hydrogen-bond acceptors (Lipinski definition) is 4. The number of amides is 3. The summed E-state index contributed by atoms with van der Waals surface area (Å²) in [4.78, 5) is 36.9. The van der Waals surface area contributed by atoms with Gasteiger partial charge in [0.25, 0.3) is 0 Å². The van der Waals surface area contributed by atoms with E-state index in [9.17, 15) is 14.4 Å². The van der Waals surface area contributed by atoms with Crippen molar-refractivity contribution in [3.63, 3.8) is 0 Å². The number of carbonyl (C=O) groups excluding carboxylic acids is 3. The first kappa shape index (κ1) is 19.9. The fraction of sp³-hybridized carbons (Fsp3) is 0.591. The predicted octanol–water partition coefficient (Wildman–Crippen LogP) is 2.54. The fourth-order valence-electron chi connectivity index (χ4n) is 5.94. The molecular weight excluding hydrogens is 370 g/mol. The Labute approximate surface area is 171 Å². The lowest BCUT2D eigenvalue weighted by Crippen LogP contribution is -2.54. The molecule has 4 aliphatic carbocycles. The van der Waals surface area contributed by atoms with Crippen molar-refractivity contribution in [1.82, 2.24) is 5.32 Å². The number of benzene rings is 1. The molecule has 4 saturated carbocycles. The predicted molar refractivity (Wildman–Crippen MR) is 109 cm³/mol. The summed E-state index contributed by atoms with van der Waals surface area (Å²) < 4.78 is 4.79. The molecule has 5 rings (SSSR count). The highest BCUT2D eigenvalue weighted by molar-refractivity contribution is 5.97. The van der Waals surface area contributed by atoms with Crippen LogP contribution in [0.25, 0.3) is 0 Å². The average Bonchev–Trinajstić information content (AvgIpc) is 2.65. The fourth-order valence-corrected chi connectivity index (χ4v) is 5.94. The molecule has 1 aromatic carbocycles. The van der Waals surface area contributed by atoms with Gasteiger partial charge in [0.15, 0.2) is 0 Å². The topological polar surface area (TPSA) is 96.5 Å². The van der Waals surface area contributed by atoms with Crippen molar-refractivity contribution >= 4 is 29.1 Å².